The molecule has 1 amide bonds. The molecule has 0 radical (unpaired) electrons. The van der Waals surface area contributed by atoms with Gasteiger partial charge >= 0.3 is 0 Å². The fraction of sp³-hybridized carbons (Fsp3) is 0.312. The van der Waals surface area contributed by atoms with E-state index in [9.17, 15) is 9.59 Å². The number of carbonyl (C=O) groups is 1. The lowest BCUT2D eigenvalue weighted by atomic mass is 10.2. The number of aryl methyl sites for hydroxylation is 2. The standard InChI is InChI=1S/C16H17Br2N3O2S/c1-3-4-11-7-13(22)21-16(19-11)24-8-14(23)20-15-9(2)5-10(17)6-12(15)18/h5-7H,3-4,8H2,1-2H3,(H,20,23)(H,19,21,22). The number of nitrogens with zero attached hydrogens (tertiary/aromatic N) is 1. The summed E-state index contributed by atoms with van der Waals surface area (Å²) in [5.41, 5.74) is 2.24. The van der Waals surface area contributed by atoms with Gasteiger partial charge in [-0.05, 0) is 47.0 Å². The molecule has 2 aromatic rings. The van der Waals surface area contributed by atoms with Gasteiger partial charge in [-0.15, -0.1) is 0 Å². The maximum atomic E-state index is 12.2. The Morgan fingerprint density at radius 2 is 2.08 bits per heavy atom. The van der Waals surface area contributed by atoms with Crippen LogP contribution in [-0.2, 0) is 11.2 Å². The highest BCUT2D eigenvalue weighted by atomic mass is 79.9. The molecule has 0 spiro atoms. The van der Waals surface area contributed by atoms with E-state index in [1.165, 1.54) is 17.8 Å². The Kier molecular flexibility index (Phi) is 7.06. The fourth-order valence-corrected chi connectivity index (χ4v) is 4.34. The highest BCUT2D eigenvalue weighted by molar-refractivity contribution is 9.11. The van der Waals surface area contributed by atoms with Gasteiger partial charge in [0.1, 0.15) is 0 Å². The van der Waals surface area contributed by atoms with Gasteiger partial charge in [0.15, 0.2) is 5.16 Å². The predicted octanol–water partition coefficient (Wildman–Crippen LogP) is 4.29. The molecule has 0 aliphatic carbocycles. The third-order valence-electron chi connectivity index (χ3n) is 3.14. The molecule has 0 saturated heterocycles. The molecule has 128 valence electrons. The van der Waals surface area contributed by atoms with Crippen molar-refractivity contribution in [1.29, 1.82) is 0 Å². The molecule has 1 heterocycles. The highest BCUT2D eigenvalue weighted by Crippen LogP contribution is 2.30. The summed E-state index contributed by atoms with van der Waals surface area (Å²) in [6.45, 7) is 3.95. The van der Waals surface area contributed by atoms with Crippen molar-refractivity contribution in [2.24, 2.45) is 0 Å². The summed E-state index contributed by atoms with van der Waals surface area (Å²) in [6, 6.07) is 5.31. The maximum absolute atomic E-state index is 12.2. The number of hydrogen-bond donors (Lipinski definition) is 2. The number of carbonyl (C=O) groups excluding carboxylic acids is 1. The van der Waals surface area contributed by atoms with Crippen LogP contribution < -0.4 is 10.9 Å². The van der Waals surface area contributed by atoms with Crippen LogP contribution >= 0.6 is 43.6 Å². The maximum Gasteiger partial charge on any atom is 0.251 e. The number of aromatic amines is 1. The predicted molar refractivity (Wildman–Crippen MR) is 105 cm³/mol. The minimum atomic E-state index is -0.192. The first kappa shape index (κ1) is 19.2. The third kappa shape index (κ3) is 5.46. The van der Waals surface area contributed by atoms with E-state index in [4.69, 9.17) is 0 Å². The SMILES string of the molecule is CCCc1cc(=O)[nH]c(SCC(=O)Nc2c(C)cc(Br)cc2Br)n1. The lowest BCUT2D eigenvalue weighted by molar-refractivity contribution is -0.113. The molecule has 0 atom stereocenters. The van der Waals surface area contributed by atoms with Gasteiger partial charge < -0.3 is 10.3 Å². The van der Waals surface area contributed by atoms with E-state index in [1.807, 2.05) is 26.0 Å². The number of hydrogen-bond acceptors (Lipinski definition) is 4. The Labute approximate surface area is 161 Å². The van der Waals surface area contributed by atoms with Crippen LogP contribution in [0.3, 0.4) is 0 Å². The quantitative estimate of drug-likeness (QED) is 0.483. The number of amides is 1. The molecule has 8 heteroatoms. The number of halogens is 2. The molecule has 2 rings (SSSR count). The summed E-state index contributed by atoms with van der Waals surface area (Å²) < 4.78 is 1.75. The summed E-state index contributed by atoms with van der Waals surface area (Å²) in [5.74, 6) is 0.00941. The van der Waals surface area contributed by atoms with Gasteiger partial charge in [-0.2, -0.15) is 0 Å². The van der Waals surface area contributed by atoms with Crippen LogP contribution in [0.4, 0.5) is 5.69 Å². The summed E-state index contributed by atoms with van der Waals surface area (Å²) >= 11 is 8.07. The van der Waals surface area contributed by atoms with E-state index >= 15 is 0 Å². The second kappa shape index (κ2) is 8.82. The molecule has 1 aromatic heterocycles. The van der Waals surface area contributed by atoms with Gasteiger partial charge in [-0.3, -0.25) is 9.59 Å². The largest absolute Gasteiger partial charge is 0.324 e. The smallest absolute Gasteiger partial charge is 0.251 e. The van der Waals surface area contributed by atoms with Crippen molar-refractivity contribution >= 4 is 55.2 Å². The Bertz CT molecular complexity index is 785. The van der Waals surface area contributed by atoms with E-state index < -0.39 is 0 Å². The van der Waals surface area contributed by atoms with Crippen LogP contribution in [-0.4, -0.2) is 21.6 Å². The van der Waals surface area contributed by atoms with E-state index in [0.717, 1.165) is 38.7 Å². The van der Waals surface area contributed by atoms with Crippen molar-refractivity contribution in [3.63, 3.8) is 0 Å². The molecule has 5 nitrogen and oxygen atoms in total. The molecule has 0 aliphatic heterocycles. The minimum absolute atomic E-state index is 0.158. The van der Waals surface area contributed by atoms with Crippen LogP contribution in [0.1, 0.15) is 24.6 Å². The number of nitrogens with one attached hydrogen (secondary N) is 2. The first-order valence-electron chi connectivity index (χ1n) is 7.37. The van der Waals surface area contributed by atoms with Gasteiger partial charge in [0.2, 0.25) is 5.91 Å². The van der Waals surface area contributed by atoms with Crippen molar-refractivity contribution in [3.05, 3.63) is 48.8 Å². The molecule has 0 fully saturated rings. The Balaban J connectivity index is 2.03. The molecule has 1 aromatic carbocycles. The van der Waals surface area contributed by atoms with Crippen molar-refractivity contribution in [1.82, 2.24) is 9.97 Å². The Hall–Kier alpha value is -1.12. The second-order valence-corrected chi connectivity index (χ2v) is 7.94. The summed E-state index contributed by atoms with van der Waals surface area (Å²) in [7, 11) is 0. The molecule has 0 aliphatic rings. The molecular weight excluding hydrogens is 458 g/mol. The average molecular weight is 475 g/mol. The molecule has 2 N–H and O–H groups in total. The van der Waals surface area contributed by atoms with Crippen molar-refractivity contribution in [3.8, 4) is 0 Å². The van der Waals surface area contributed by atoms with Crippen LogP contribution in [0.15, 0.2) is 37.1 Å². The van der Waals surface area contributed by atoms with Gasteiger partial charge in [0.25, 0.3) is 5.56 Å². The fourth-order valence-electron chi connectivity index (χ4n) is 2.11. The summed E-state index contributed by atoms with van der Waals surface area (Å²) in [5, 5.41) is 3.35. The zero-order valence-corrected chi connectivity index (χ0v) is 17.3. The van der Waals surface area contributed by atoms with E-state index in [2.05, 4.69) is 47.1 Å². The van der Waals surface area contributed by atoms with E-state index in [0.29, 0.717) is 5.16 Å². The van der Waals surface area contributed by atoms with Crippen LogP contribution in [0, 0.1) is 6.92 Å². The zero-order chi connectivity index (χ0) is 17.7. The summed E-state index contributed by atoms with van der Waals surface area (Å²) in [6.07, 6.45) is 1.66. The van der Waals surface area contributed by atoms with Gasteiger partial charge in [-0.1, -0.05) is 41.0 Å². The number of benzene rings is 1. The van der Waals surface area contributed by atoms with Gasteiger partial charge in [-0.25, -0.2) is 4.98 Å². The van der Waals surface area contributed by atoms with Gasteiger partial charge in [0, 0.05) is 20.7 Å². The Morgan fingerprint density at radius 3 is 2.75 bits per heavy atom. The molecule has 24 heavy (non-hydrogen) atoms. The van der Waals surface area contributed by atoms with Gasteiger partial charge in [0.05, 0.1) is 11.4 Å². The first-order valence-corrected chi connectivity index (χ1v) is 9.94. The summed E-state index contributed by atoms with van der Waals surface area (Å²) in [4.78, 5) is 30.8. The number of anilines is 1. The zero-order valence-electron chi connectivity index (χ0n) is 13.3. The normalized spacial score (nSPS) is 10.7. The van der Waals surface area contributed by atoms with Crippen LogP contribution in [0.25, 0.3) is 0 Å². The number of rotatable bonds is 6. The van der Waals surface area contributed by atoms with E-state index in [-0.39, 0.29) is 17.2 Å². The molecular formula is C16H17Br2N3O2S. The number of H-pyrrole nitrogens is 1. The van der Waals surface area contributed by atoms with Crippen molar-refractivity contribution < 1.29 is 4.79 Å². The van der Waals surface area contributed by atoms with Crippen LogP contribution in [0.2, 0.25) is 0 Å². The molecule has 0 bridgehead atoms. The third-order valence-corrected chi connectivity index (χ3v) is 5.09. The highest BCUT2D eigenvalue weighted by Gasteiger charge is 2.11. The van der Waals surface area contributed by atoms with Crippen molar-refractivity contribution in [2.75, 3.05) is 11.1 Å². The number of thioether (sulfide) groups is 1. The van der Waals surface area contributed by atoms with Crippen molar-refractivity contribution in [2.45, 2.75) is 31.8 Å². The molecule has 0 unspecified atom stereocenters. The first-order chi connectivity index (χ1) is 11.4. The lowest BCUT2D eigenvalue weighted by Gasteiger charge is -2.11. The monoisotopic (exact) mass is 473 g/mol. The van der Waals surface area contributed by atoms with Crippen LogP contribution in [0.5, 0.6) is 0 Å². The lowest BCUT2D eigenvalue weighted by Crippen LogP contribution is -2.16. The topological polar surface area (TPSA) is 74.8 Å². The number of aromatic nitrogens is 2. The average Bonchev–Trinajstić information content (AvgIpc) is 2.48. The Morgan fingerprint density at radius 1 is 1.33 bits per heavy atom. The molecule has 0 saturated carbocycles. The second-order valence-electron chi connectivity index (χ2n) is 5.21. The minimum Gasteiger partial charge on any atom is -0.324 e. The van der Waals surface area contributed by atoms with E-state index in [1.54, 1.807) is 0 Å².